The Labute approximate surface area is 179 Å². The fourth-order valence-electron chi connectivity index (χ4n) is 3.15. The molecule has 0 radical (unpaired) electrons. The van der Waals surface area contributed by atoms with Crippen LogP contribution < -0.4 is 19.5 Å². The van der Waals surface area contributed by atoms with Crippen molar-refractivity contribution < 1.29 is 23.9 Å². The van der Waals surface area contributed by atoms with Gasteiger partial charge in [0.1, 0.15) is 11.4 Å². The molecule has 0 saturated heterocycles. The zero-order valence-electron chi connectivity index (χ0n) is 17.4. The summed E-state index contributed by atoms with van der Waals surface area (Å²) in [4.78, 5) is 23.8. The standard InChI is InChI=1S/C23H22N2O6/c1-29-20-13-22(31-3)21(30-2)12-17(20)14-24-18-10-9-16(11-19(18)25(27)28)23(26)15-7-5-4-6-8-15/h4-13,24H,14H2,1-3H3. The Kier molecular flexibility index (Phi) is 6.71. The van der Waals surface area contributed by atoms with Crippen molar-refractivity contribution in [1.29, 1.82) is 0 Å². The average molecular weight is 422 g/mol. The van der Waals surface area contributed by atoms with Crippen LogP contribution in [0.4, 0.5) is 11.4 Å². The van der Waals surface area contributed by atoms with E-state index in [1.165, 1.54) is 33.5 Å². The first kappa shape index (κ1) is 21.6. The summed E-state index contributed by atoms with van der Waals surface area (Å²) in [6, 6.07) is 16.4. The first-order valence-electron chi connectivity index (χ1n) is 9.39. The fourth-order valence-corrected chi connectivity index (χ4v) is 3.15. The summed E-state index contributed by atoms with van der Waals surface area (Å²) in [7, 11) is 4.57. The molecule has 31 heavy (non-hydrogen) atoms. The number of rotatable bonds is 9. The summed E-state index contributed by atoms with van der Waals surface area (Å²) in [6.07, 6.45) is 0. The minimum Gasteiger partial charge on any atom is -0.496 e. The summed E-state index contributed by atoms with van der Waals surface area (Å²) in [5.74, 6) is 1.29. The number of benzene rings is 3. The summed E-state index contributed by atoms with van der Waals surface area (Å²) >= 11 is 0. The van der Waals surface area contributed by atoms with Crippen LogP contribution in [-0.4, -0.2) is 32.0 Å². The maximum absolute atomic E-state index is 12.6. The van der Waals surface area contributed by atoms with E-state index in [1.807, 2.05) is 0 Å². The molecule has 0 aliphatic carbocycles. The van der Waals surface area contributed by atoms with Gasteiger partial charge in [0.2, 0.25) is 0 Å². The van der Waals surface area contributed by atoms with Crippen molar-refractivity contribution in [3.63, 3.8) is 0 Å². The molecule has 3 aromatic carbocycles. The molecule has 0 bridgehead atoms. The molecule has 0 heterocycles. The predicted octanol–water partition coefficient (Wildman–Crippen LogP) is 4.46. The molecular weight excluding hydrogens is 400 g/mol. The van der Waals surface area contributed by atoms with Gasteiger partial charge in [-0.05, 0) is 18.2 Å². The lowest BCUT2D eigenvalue weighted by Crippen LogP contribution is -2.07. The molecule has 8 nitrogen and oxygen atoms in total. The number of nitrogens with one attached hydrogen (secondary N) is 1. The molecule has 0 aliphatic rings. The zero-order valence-corrected chi connectivity index (χ0v) is 17.4. The van der Waals surface area contributed by atoms with Gasteiger partial charge in [-0.25, -0.2) is 0 Å². The Hall–Kier alpha value is -4.07. The van der Waals surface area contributed by atoms with Crippen molar-refractivity contribution in [3.05, 3.63) is 87.5 Å². The Balaban J connectivity index is 1.89. The maximum Gasteiger partial charge on any atom is 0.293 e. The van der Waals surface area contributed by atoms with Gasteiger partial charge >= 0.3 is 0 Å². The number of carbonyl (C=O) groups is 1. The van der Waals surface area contributed by atoms with Crippen LogP contribution in [0.15, 0.2) is 60.7 Å². The topological polar surface area (TPSA) is 99.9 Å². The molecule has 0 aromatic heterocycles. The predicted molar refractivity (Wildman–Crippen MR) is 116 cm³/mol. The first-order valence-corrected chi connectivity index (χ1v) is 9.39. The molecule has 0 amide bonds. The van der Waals surface area contributed by atoms with Crippen molar-refractivity contribution in [1.82, 2.24) is 0 Å². The molecule has 160 valence electrons. The zero-order chi connectivity index (χ0) is 22.4. The van der Waals surface area contributed by atoms with E-state index in [4.69, 9.17) is 14.2 Å². The van der Waals surface area contributed by atoms with Crippen molar-refractivity contribution in [3.8, 4) is 17.2 Å². The largest absolute Gasteiger partial charge is 0.496 e. The number of ketones is 1. The van der Waals surface area contributed by atoms with E-state index in [1.54, 1.807) is 48.5 Å². The number of hydrogen-bond acceptors (Lipinski definition) is 7. The SMILES string of the molecule is COc1cc(OC)c(OC)cc1CNc1ccc(C(=O)c2ccccc2)cc1[N+](=O)[O-]. The lowest BCUT2D eigenvalue weighted by molar-refractivity contribution is -0.384. The van der Waals surface area contributed by atoms with Crippen LogP contribution in [0, 0.1) is 10.1 Å². The maximum atomic E-state index is 12.6. The lowest BCUT2D eigenvalue weighted by Gasteiger charge is -2.15. The van der Waals surface area contributed by atoms with E-state index in [0.29, 0.717) is 22.8 Å². The van der Waals surface area contributed by atoms with Crippen LogP contribution in [0.25, 0.3) is 0 Å². The van der Waals surface area contributed by atoms with Crippen LogP contribution in [-0.2, 0) is 6.54 Å². The minimum atomic E-state index is -0.518. The number of nitro benzene ring substituents is 1. The fraction of sp³-hybridized carbons (Fsp3) is 0.174. The normalized spacial score (nSPS) is 10.3. The van der Waals surface area contributed by atoms with Gasteiger partial charge < -0.3 is 19.5 Å². The highest BCUT2D eigenvalue weighted by Crippen LogP contribution is 2.35. The van der Waals surface area contributed by atoms with Gasteiger partial charge in [0.15, 0.2) is 17.3 Å². The highest BCUT2D eigenvalue weighted by atomic mass is 16.6. The molecule has 0 saturated carbocycles. The van der Waals surface area contributed by atoms with Gasteiger partial charge in [-0.1, -0.05) is 30.3 Å². The van der Waals surface area contributed by atoms with Crippen LogP contribution >= 0.6 is 0 Å². The second-order valence-corrected chi connectivity index (χ2v) is 6.56. The second-order valence-electron chi connectivity index (χ2n) is 6.56. The summed E-state index contributed by atoms with van der Waals surface area (Å²) in [5, 5.41) is 14.7. The van der Waals surface area contributed by atoms with Crippen molar-refractivity contribution in [2.45, 2.75) is 6.54 Å². The van der Waals surface area contributed by atoms with Crippen molar-refractivity contribution in [2.75, 3.05) is 26.6 Å². The van der Waals surface area contributed by atoms with Crippen molar-refractivity contribution >= 4 is 17.2 Å². The molecule has 3 aromatic rings. The van der Waals surface area contributed by atoms with E-state index in [2.05, 4.69) is 5.32 Å². The average Bonchev–Trinajstić information content (AvgIpc) is 2.81. The van der Waals surface area contributed by atoms with Gasteiger partial charge in [0, 0.05) is 35.4 Å². The number of carbonyl (C=O) groups excluding carboxylic acids is 1. The van der Waals surface area contributed by atoms with Crippen LogP contribution in [0.1, 0.15) is 21.5 Å². The monoisotopic (exact) mass is 422 g/mol. The molecule has 8 heteroatoms. The van der Waals surface area contributed by atoms with Gasteiger partial charge in [-0.2, -0.15) is 0 Å². The third-order valence-corrected chi connectivity index (χ3v) is 4.75. The molecule has 0 spiro atoms. The smallest absolute Gasteiger partial charge is 0.293 e. The van der Waals surface area contributed by atoms with Crippen LogP contribution in [0.3, 0.4) is 0 Å². The number of anilines is 1. The van der Waals surface area contributed by atoms with E-state index in [9.17, 15) is 14.9 Å². The van der Waals surface area contributed by atoms with Crippen LogP contribution in [0.5, 0.6) is 17.2 Å². The quantitative estimate of drug-likeness (QED) is 0.309. The molecule has 0 atom stereocenters. The Morgan fingerprint density at radius 1 is 0.871 bits per heavy atom. The summed E-state index contributed by atoms with van der Waals surface area (Å²) < 4.78 is 16.0. The summed E-state index contributed by atoms with van der Waals surface area (Å²) in [5.41, 5.74) is 1.52. The second kappa shape index (κ2) is 9.62. The molecule has 3 rings (SSSR count). The first-order chi connectivity index (χ1) is 15.0. The molecule has 0 unspecified atom stereocenters. The number of hydrogen-bond donors (Lipinski definition) is 1. The van der Waals surface area contributed by atoms with Crippen LogP contribution in [0.2, 0.25) is 0 Å². The molecule has 1 N–H and O–H groups in total. The van der Waals surface area contributed by atoms with Gasteiger partial charge in [-0.15, -0.1) is 0 Å². The van der Waals surface area contributed by atoms with Gasteiger partial charge in [0.05, 0.1) is 26.3 Å². The van der Waals surface area contributed by atoms with E-state index in [0.717, 1.165) is 5.56 Å². The highest BCUT2D eigenvalue weighted by Gasteiger charge is 2.19. The Morgan fingerprint density at radius 2 is 1.52 bits per heavy atom. The highest BCUT2D eigenvalue weighted by molar-refractivity contribution is 6.09. The van der Waals surface area contributed by atoms with E-state index < -0.39 is 4.92 Å². The third-order valence-electron chi connectivity index (χ3n) is 4.75. The Bertz CT molecular complexity index is 1100. The van der Waals surface area contributed by atoms with Gasteiger partial charge in [0.25, 0.3) is 5.69 Å². The number of nitro groups is 1. The minimum absolute atomic E-state index is 0.193. The number of nitrogens with zero attached hydrogens (tertiary/aromatic N) is 1. The Morgan fingerprint density at radius 3 is 2.13 bits per heavy atom. The number of methoxy groups -OCH3 is 3. The molecule has 0 aliphatic heterocycles. The molecule has 0 fully saturated rings. The van der Waals surface area contributed by atoms with Crippen molar-refractivity contribution in [2.24, 2.45) is 0 Å². The number of ether oxygens (including phenoxy) is 3. The summed E-state index contributed by atoms with van der Waals surface area (Å²) in [6.45, 7) is 0.232. The van der Waals surface area contributed by atoms with E-state index >= 15 is 0 Å². The van der Waals surface area contributed by atoms with Gasteiger partial charge in [-0.3, -0.25) is 14.9 Å². The third kappa shape index (κ3) is 4.75. The van der Waals surface area contributed by atoms with E-state index in [-0.39, 0.29) is 29.3 Å². The molecular formula is C23H22N2O6. The lowest BCUT2D eigenvalue weighted by atomic mass is 10.0.